The Bertz CT molecular complexity index is 510. The van der Waals surface area contributed by atoms with Gasteiger partial charge >= 0.3 is 5.97 Å². The molecule has 0 radical (unpaired) electrons. The summed E-state index contributed by atoms with van der Waals surface area (Å²) in [6, 6.07) is 0.125. The Morgan fingerprint density at radius 3 is 2.52 bits per heavy atom. The van der Waals surface area contributed by atoms with Crippen molar-refractivity contribution in [3.05, 3.63) is 10.6 Å². The van der Waals surface area contributed by atoms with Crippen LogP contribution in [-0.2, 0) is 4.79 Å². The summed E-state index contributed by atoms with van der Waals surface area (Å²) in [5.41, 5.74) is -0.251. The van der Waals surface area contributed by atoms with Crippen molar-refractivity contribution in [2.75, 3.05) is 11.9 Å². The highest BCUT2D eigenvalue weighted by Gasteiger charge is 2.20. The fraction of sp³-hybridized carbons (Fsp3) is 0.538. The predicted molar refractivity (Wildman–Crippen MR) is 80.1 cm³/mol. The fourth-order valence-electron chi connectivity index (χ4n) is 1.51. The van der Waals surface area contributed by atoms with Crippen LogP contribution in [0, 0.1) is 0 Å². The molecule has 0 saturated carbocycles. The van der Waals surface area contributed by atoms with Crippen LogP contribution in [0.4, 0.5) is 5.13 Å². The van der Waals surface area contributed by atoms with Crippen molar-refractivity contribution in [3.8, 4) is 0 Å². The number of aromatic carboxylic acids is 1. The zero-order chi connectivity index (χ0) is 16.0. The number of nitrogens with zero attached hydrogens (tertiary/aromatic N) is 1. The van der Waals surface area contributed by atoms with Crippen molar-refractivity contribution in [1.29, 1.82) is 0 Å². The van der Waals surface area contributed by atoms with E-state index in [2.05, 4.69) is 15.6 Å². The van der Waals surface area contributed by atoms with Crippen molar-refractivity contribution < 1.29 is 19.5 Å². The molecular formula is C13H19N3O4S. The van der Waals surface area contributed by atoms with E-state index >= 15 is 0 Å². The van der Waals surface area contributed by atoms with Gasteiger partial charge in [0.25, 0.3) is 0 Å². The van der Waals surface area contributed by atoms with Gasteiger partial charge in [0.1, 0.15) is 4.88 Å². The Labute approximate surface area is 126 Å². The highest BCUT2D eigenvalue weighted by Crippen LogP contribution is 2.23. The van der Waals surface area contributed by atoms with Crippen LogP contribution < -0.4 is 10.6 Å². The highest BCUT2D eigenvalue weighted by atomic mass is 32.1. The average Bonchev–Trinajstić information content (AvgIpc) is 2.83. The summed E-state index contributed by atoms with van der Waals surface area (Å²) in [6.45, 7) is 5.52. The number of rotatable bonds is 8. The molecule has 0 bridgehead atoms. The minimum atomic E-state index is -1.24. The number of anilines is 1. The second kappa shape index (κ2) is 7.72. The first-order valence-electron chi connectivity index (χ1n) is 6.63. The molecule has 7 nitrogen and oxygen atoms in total. The maximum Gasteiger partial charge on any atom is 0.356 e. The molecule has 0 aliphatic carbocycles. The van der Waals surface area contributed by atoms with Gasteiger partial charge < -0.3 is 15.7 Å². The first-order valence-corrected chi connectivity index (χ1v) is 7.45. The molecule has 0 aliphatic rings. The quantitative estimate of drug-likeness (QED) is 0.631. The molecule has 116 valence electrons. The number of hydrogen-bond donors (Lipinski definition) is 3. The standard InChI is InChI=1S/C13H19N3O4S/c1-4-7(2)15-9(18)5-6-14-13-16-10(12(19)20)11(21-13)8(3)17/h7H,4-6H2,1-3H3,(H,14,16)(H,15,18)(H,19,20). The molecule has 0 aliphatic heterocycles. The van der Waals surface area contributed by atoms with Crippen LogP contribution in [0.3, 0.4) is 0 Å². The smallest absolute Gasteiger partial charge is 0.356 e. The maximum atomic E-state index is 11.6. The van der Waals surface area contributed by atoms with Gasteiger partial charge in [0.05, 0.1) is 0 Å². The molecule has 1 unspecified atom stereocenters. The highest BCUT2D eigenvalue weighted by molar-refractivity contribution is 7.17. The number of carboxylic acids is 1. The lowest BCUT2D eigenvalue weighted by Crippen LogP contribution is -2.32. The first-order chi connectivity index (χ1) is 9.85. The van der Waals surface area contributed by atoms with E-state index in [0.29, 0.717) is 11.7 Å². The van der Waals surface area contributed by atoms with Crippen LogP contribution in [0.25, 0.3) is 0 Å². The normalized spacial score (nSPS) is 11.8. The van der Waals surface area contributed by atoms with E-state index in [1.54, 1.807) is 0 Å². The molecule has 1 aromatic rings. The third-order valence-corrected chi connectivity index (χ3v) is 3.91. The molecular weight excluding hydrogens is 294 g/mol. The zero-order valence-corrected chi connectivity index (χ0v) is 13.0. The van der Waals surface area contributed by atoms with Crippen LogP contribution in [-0.4, -0.2) is 40.3 Å². The first kappa shape index (κ1) is 17.1. The Morgan fingerprint density at radius 2 is 2.05 bits per heavy atom. The van der Waals surface area contributed by atoms with Crippen LogP contribution in [0.15, 0.2) is 0 Å². The van der Waals surface area contributed by atoms with Gasteiger partial charge in [0.2, 0.25) is 5.91 Å². The van der Waals surface area contributed by atoms with E-state index in [-0.39, 0.29) is 34.7 Å². The zero-order valence-electron chi connectivity index (χ0n) is 12.2. The summed E-state index contributed by atoms with van der Waals surface area (Å²) in [5, 5.41) is 15.0. The number of nitrogens with one attached hydrogen (secondary N) is 2. The number of Topliss-reactive ketones (excluding diaryl/α,β-unsaturated/α-hetero) is 1. The maximum absolute atomic E-state index is 11.6. The van der Waals surface area contributed by atoms with E-state index in [9.17, 15) is 14.4 Å². The molecule has 21 heavy (non-hydrogen) atoms. The molecule has 1 heterocycles. The number of aromatic nitrogens is 1. The number of hydrogen-bond acceptors (Lipinski definition) is 6. The lowest BCUT2D eigenvalue weighted by Gasteiger charge is -2.11. The fourth-order valence-corrected chi connectivity index (χ4v) is 2.39. The third kappa shape index (κ3) is 5.14. The van der Waals surface area contributed by atoms with E-state index in [4.69, 9.17) is 5.11 Å². The summed E-state index contributed by atoms with van der Waals surface area (Å²) >= 11 is 0.982. The Morgan fingerprint density at radius 1 is 1.38 bits per heavy atom. The largest absolute Gasteiger partial charge is 0.476 e. The summed E-state index contributed by atoms with van der Waals surface area (Å²) in [4.78, 5) is 37.9. The van der Waals surface area contributed by atoms with Gasteiger partial charge in [-0.1, -0.05) is 18.3 Å². The minimum Gasteiger partial charge on any atom is -0.476 e. The summed E-state index contributed by atoms with van der Waals surface area (Å²) in [6.07, 6.45) is 1.11. The van der Waals surface area contributed by atoms with Gasteiger partial charge in [-0.05, 0) is 13.3 Å². The molecule has 1 atom stereocenters. The second-order valence-corrected chi connectivity index (χ2v) is 5.61. The van der Waals surface area contributed by atoms with Gasteiger partial charge in [-0.25, -0.2) is 9.78 Å². The number of ketones is 1. The molecule has 0 saturated heterocycles. The Balaban J connectivity index is 2.57. The topological polar surface area (TPSA) is 108 Å². The molecule has 0 aromatic carbocycles. The van der Waals surface area contributed by atoms with Crippen LogP contribution >= 0.6 is 11.3 Å². The van der Waals surface area contributed by atoms with Crippen LogP contribution in [0.2, 0.25) is 0 Å². The number of thiazole rings is 1. The summed E-state index contributed by atoms with van der Waals surface area (Å²) in [7, 11) is 0. The molecule has 0 spiro atoms. The van der Waals surface area contributed by atoms with Gasteiger partial charge in [-0.15, -0.1) is 0 Å². The van der Waals surface area contributed by atoms with Gasteiger partial charge in [-0.3, -0.25) is 9.59 Å². The lowest BCUT2D eigenvalue weighted by atomic mass is 10.2. The number of carbonyl (C=O) groups excluding carboxylic acids is 2. The van der Waals surface area contributed by atoms with E-state index in [0.717, 1.165) is 17.8 Å². The average molecular weight is 313 g/mol. The SMILES string of the molecule is CCC(C)NC(=O)CCNc1nc(C(=O)O)c(C(C)=O)s1. The predicted octanol–water partition coefficient (Wildman–Crippen LogP) is 1.76. The van der Waals surface area contributed by atoms with E-state index in [1.165, 1.54) is 6.92 Å². The van der Waals surface area contributed by atoms with Crippen molar-refractivity contribution in [2.45, 2.75) is 39.7 Å². The second-order valence-electron chi connectivity index (χ2n) is 4.61. The Hall–Kier alpha value is -1.96. The van der Waals surface area contributed by atoms with Crippen LogP contribution in [0.1, 0.15) is 53.8 Å². The van der Waals surface area contributed by atoms with Gasteiger partial charge in [-0.2, -0.15) is 0 Å². The van der Waals surface area contributed by atoms with E-state index < -0.39 is 5.97 Å². The number of carboxylic acid groups (broad SMARTS) is 1. The Kier molecular flexibility index (Phi) is 6.29. The summed E-state index contributed by atoms with van der Waals surface area (Å²) in [5.74, 6) is -1.66. The van der Waals surface area contributed by atoms with E-state index in [1.807, 2.05) is 13.8 Å². The molecule has 1 amide bonds. The number of amides is 1. The van der Waals surface area contributed by atoms with Crippen molar-refractivity contribution in [2.24, 2.45) is 0 Å². The lowest BCUT2D eigenvalue weighted by molar-refractivity contribution is -0.121. The van der Waals surface area contributed by atoms with Crippen molar-refractivity contribution in [1.82, 2.24) is 10.3 Å². The van der Waals surface area contributed by atoms with Crippen molar-refractivity contribution in [3.63, 3.8) is 0 Å². The van der Waals surface area contributed by atoms with Gasteiger partial charge in [0.15, 0.2) is 16.6 Å². The van der Waals surface area contributed by atoms with Crippen LogP contribution in [0.5, 0.6) is 0 Å². The number of carbonyl (C=O) groups is 3. The van der Waals surface area contributed by atoms with Crippen molar-refractivity contribution >= 4 is 34.1 Å². The molecule has 8 heteroatoms. The monoisotopic (exact) mass is 313 g/mol. The minimum absolute atomic E-state index is 0.0846. The molecule has 3 N–H and O–H groups in total. The molecule has 1 aromatic heterocycles. The molecule has 0 fully saturated rings. The van der Waals surface area contributed by atoms with Gasteiger partial charge in [0, 0.05) is 25.9 Å². The third-order valence-electron chi connectivity index (χ3n) is 2.80. The summed E-state index contributed by atoms with van der Waals surface area (Å²) < 4.78 is 0. The molecule has 1 rings (SSSR count).